The lowest BCUT2D eigenvalue weighted by Crippen LogP contribution is -2.14. The van der Waals surface area contributed by atoms with Crippen LogP contribution in [0.4, 0.5) is 0 Å². The van der Waals surface area contributed by atoms with Gasteiger partial charge in [-0.15, -0.1) is 0 Å². The summed E-state index contributed by atoms with van der Waals surface area (Å²) in [5.74, 6) is 0. The van der Waals surface area contributed by atoms with Crippen LogP contribution in [0.15, 0.2) is 4.99 Å². The van der Waals surface area contributed by atoms with E-state index in [1.807, 2.05) is 38.0 Å². The van der Waals surface area contributed by atoms with Crippen molar-refractivity contribution in [3.63, 3.8) is 0 Å². The first-order valence-electron chi connectivity index (χ1n) is 2.94. The van der Waals surface area contributed by atoms with Gasteiger partial charge in [-0.3, -0.25) is 9.89 Å². The first-order chi connectivity index (χ1) is 4.13. The Hall–Kier alpha value is -0.570. The number of aliphatic imine (C=N–C) groups is 1. The lowest BCUT2D eigenvalue weighted by molar-refractivity contribution is 0.422. The molecule has 3 nitrogen and oxygen atoms in total. The molecule has 0 saturated heterocycles. The van der Waals surface area contributed by atoms with E-state index in [1.54, 1.807) is 6.34 Å². The molecule has 0 bridgehead atoms. The van der Waals surface area contributed by atoms with E-state index in [4.69, 9.17) is 0 Å². The molecule has 0 aliphatic heterocycles. The van der Waals surface area contributed by atoms with Gasteiger partial charge in [0.25, 0.3) is 0 Å². The highest BCUT2D eigenvalue weighted by molar-refractivity contribution is 5.53. The molecule has 0 heterocycles. The van der Waals surface area contributed by atoms with Crippen molar-refractivity contribution in [3.8, 4) is 0 Å². The zero-order valence-corrected chi connectivity index (χ0v) is 6.63. The Kier molecular flexibility index (Phi) is 4.05. The summed E-state index contributed by atoms with van der Waals surface area (Å²) in [5, 5.41) is 0. The second-order valence-electron chi connectivity index (χ2n) is 2.48. The van der Waals surface area contributed by atoms with Gasteiger partial charge in [0.05, 0.1) is 13.0 Å². The second kappa shape index (κ2) is 4.32. The first kappa shape index (κ1) is 8.43. The summed E-state index contributed by atoms with van der Waals surface area (Å²) < 4.78 is 0. The lowest BCUT2D eigenvalue weighted by Gasteiger charge is -2.06. The SMILES string of the molecule is CN(C)/C=N/CN(C)C. The Morgan fingerprint density at radius 1 is 1.22 bits per heavy atom. The second-order valence-corrected chi connectivity index (χ2v) is 2.48. The smallest absolute Gasteiger partial charge is 0.0921 e. The van der Waals surface area contributed by atoms with Crippen LogP contribution in [-0.2, 0) is 0 Å². The van der Waals surface area contributed by atoms with E-state index in [0.29, 0.717) is 0 Å². The fourth-order valence-corrected chi connectivity index (χ4v) is 0.363. The van der Waals surface area contributed by atoms with Crippen molar-refractivity contribution in [2.45, 2.75) is 0 Å². The van der Waals surface area contributed by atoms with E-state index >= 15 is 0 Å². The minimum absolute atomic E-state index is 0.762. The van der Waals surface area contributed by atoms with E-state index in [-0.39, 0.29) is 0 Å². The molecule has 54 valence electrons. The minimum atomic E-state index is 0.762. The largest absolute Gasteiger partial charge is 0.369 e. The van der Waals surface area contributed by atoms with Gasteiger partial charge in [-0.05, 0) is 14.1 Å². The van der Waals surface area contributed by atoms with Gasteiger partial charge in [-0.25, -0.2) is 0 Å². The van der Waals surface area contributed by atoms with Crippen LogP contribution in [0.25, 0.3) is 0 Å². The molecular formula is C6H15N3. The Bertz CT molecular complexity index is 86.3. The maximum absolute atomic E-state index is 4.10. The molecule has 0 aromatic rings. The third kappa shape index (κ3) is 7.43. The van der Waals surface area contributed by atoms with E-state index < -0.39 is 0 Å². The van der Waals surface area contributed by atoms with Crippen molar-refractivity contribution < 1.29 is 0 Å². The molecule has 0 rings (SSSR count). The summed E-state index contributed by atoms with van der Waals surface area (Å²) in [7, 11) is 7.90. The zero-order valence-electron chi connectivity index (χ0n) is 6.63. The quantitative estimate of drug-likeness (QED) is 0.397. The van der Waals surface area contributed by atoms with Gasteiger partial charge in [-0.2, -0.15) is 0 Å². The fraction of sp³-hybridized carbons (Fsp3) is 0.833. The van der Waals surface area contributed by atoms with Gasteiger partial charge in [-0.1, -0.05) is 0 Å². The molecule has 0 spiro atoms. The number of rotatable bonds is 3. The predicted octanol–water partition coefficient (Wildman–Crippen LogP) is 0.0954. The molecule has 0 aliphatic rings. The topological polar surface area (TPSA) is 18.8 Å². The van der Waals surface area contributed by atoms with E-state index in [0.717, 1.165) is 6.67 Å². The molecule has 9 heavy (non-hydrogen) atoms. The molecule has 0 fully saturated rings. The van der Waals surface area contributed by atoms with Gasteiger partial charge < -0.3 is 4.90 Å². The van der Waals surface area contributed by atoms with E-state index in [2.05, 4.69) is 4.99 Å². The lowest BCUT2D eigenvalue weighted by atomic mass is 10.8. The molecule has 0 N–H and O–H groups in total. The Labute approximate surface area is 57.0 Å². The zero-order chi connectivity index (χ0) is 7.28. The maximum Gasteiger partial charge on any atom is 0.0921 e. The van der Waals surface area contributed by atoms with Gasteiger partial charge in [0.15, 0.2) is 0 Å². The monoisotopic (exact) mass is 129 g/mol. The molecule has 0 radical (unpaired) electrons. The summed E-state index contributed by atoms with van der Waals surface area (Å²) in [4.78, 5) is 8.03. The number of hydrogen-bond acceptors (Lipinski definition) is 2. The van der Waals surface area contributed by atoms with E-state index in [1.165, 1.54) is 0 Å². The summed E-state index contributed by atoms with van der Waals surface area (Å²) in [5.41, 5.74) is 0. The van der Waals surface area contributed by atoms with Crippen LogP contribution >= 0.6 is 0 Å². The molecule has 0 saturated carbocycles. The molecule has 0 aromatic heterocycles. The molecule has 3 heteroatoms. The van der Waals surface area contributed by atoms with E-state index in [9.17, 15) is 0 Å². The molecule has 0 atom stereocenters. The maximum atomic E-state index is 4.10. The van der Waals surface area contributed by atoms with Gasteiger partial charge in [0.2, 0.25) is 0 Å². The van der Waals surface area contributed by atoms with Crippen molar-refractivity contribution in [3.05, 3.63) is 0 Å². The summed E-state index contributed by atoms with van der Waals surface area (Å²) >= 11 is 0. The van der Waals surface area contributed by atoms with Crippen LogP contribution in [0, 0.1) is 0 Å². The molecular weight excluding hydrogens is 114 g/mol. The van der Waals surface area contributed by atoms with Crippen molar-refractivity contribution in [2.75, 3.05) is 34.9 Å². The highest BCUT2D eigenvalue weighted by Crippen LogP contribution is 1.73. The van der Waals surface area contributed by atoms with Crippen molar-refractivity contribution >= 4 is 6.34 Å². The van der Waals surface area contributed by atoms with Gasteiger partial charge in [0.1, 0.15) is 0 Å². The van der Waals surface area contributed by atoms with Crippen molar-refractivity contribution in [1.29, 1.82) is 0 Å². The minimum Gasteiger partial charge on any atom is -0.369 e. The molecule has 0 aromatic carbocycles. The standard InChI is InChI=1S/C6H15N3/c1-8(2)5-7-6-9(3)4/h5H,6H2,1-4H3/b7-5+. The number of hydrogen-bond donors (Lipinski definition) is 0. The third-order valence-electron chi connectivity index (χ3n) is 0.677. The van der Waals surface area contributed by atoms with Crippen LogP contribution in [0.3, 0.4) is 0 Å². The van der Waals surface area contributed by atoms with Gasteiger partial charge in [0, 0.05) is 14.1 Å². The van der Waals surface area contributed by atoms with Gasteiger partial charge >= 0.3 is 0 Å². The van der Waals surface area contributed by atoms with Crippen molar-refractivity contribution in [2.24, 2.45) is 4.99 Å². The van der Waals surface area contributed by atoms with Crippen LogP contribution < -0.4 is 0 Å². The first-order valence-corrected chi connectivity index (χ1v) is 2.94. The predicted molar refractivity (Wildman–Crippen MR) is 40.7 cm³/mol. The average molecular weight is 129 g/mol. The highest BCUT2D eigenvalue weighted by Gasteiger charge is 1.81. The Morgan fingerprint density at radius 3 is 2.11 bits per heavy atom. The summed E-state index contributed by atoms with van der Waals surface area (Å²) in [6.07, 6.45) is 1.81. The van der Waals surface area contributed by atoms with Crippen LogP contribution in [0.5, 0.6) is 0 Å². The van der Waals surface area contributed by atoms with Crippen LogP contribution in [-0.4, -0.2) is 51.0 Å². The summed E-state index contributed by atoms with van der Waals surface area (Å²) in [6.45, 7) is 0.762. The summed E-state index contributed by atoms with van der Waals surface area (Å²) in [6, 6.07) is 0. The van der Waals surface area contributed by atoms with Crippen LogP contribution in [0.1, 0.15) is 0 Å². The third-order valence-corrected chi connectivity index (χ3v) is 0.677. The normalized spacial score (nSPS) is 11.2. The molecule has 0 unspecified atom stereocenters. The highest BCUT2D eigenvalue weighted by atomic mass is 15.2. The number of nitrogens with zero attached hydrogens (tertiary/aromatic N) is 3. The Balaban J connectivity index is 3.25. The molecule has 0 amide bonds. The average Bonchev–Trinajstić information content (AvgIpc) is 1.63. The van der Waals surface area contributed by atoms with Crippen molar-refractivity contribution in [1.82, 2.24) is 9.80 Å². The molecule has 0 aliphatic carbocycles. The van der Waals surface area contributed by atoms with Crippen LogP contribution in [0.2, 0.25) is 0 Å². The fourth-order valence-electron chi connectivity index (χ4n) is 0.363. The Morgan fingerprint density at radius 2 is 1.78 bits per heavy atom.